The summed E-state index contributed by atoms with van der Waals surface area (Å²) in [6.07, 6.45) is 4.86. The molecule has 2 aliphatic rings. The van der Waals surface area contributed by atoms with Crippen molar-refractivity contribution in [1.29, 1.82) is 0 Å². The normalized spacial score (nSPS) is 34.1. The molecule has 3 unspecified atom stereocenters. The summed E-state index contributed by atoms with van der Waals surface area (Å²) in [5, 5.41) is 0.228. The number of nitrogens with two attached hydrogens (primary N) is 1. The first-order valence-electron chi connectivity index (χ1n) is 6.30. The zero-order valence-electron chi connectivity index (χ0n) is 10.2. The van der Waals surface area contributed by atoms with E-state index < -0.39 is 0 Å². The van der Waals surface area contributed by atoms with Crippen LogP contribution in [0.15, 0.2) is 0 Å². The summed E-state index contributed by atoms with van der Waals surface area (Å²) in [6.45, 7) is 2.26. The standard InChI is InChI=1S/C12H20N2O2S/c1-8(15)17-9-6-12(16)14(7-9)11-5-3-2-4-10(11)13/h9-11H,2-7,13H2,1H3. The van der Waals surface area contributed by atoms with E-state index in [9.17, 15) is 9.59 Å². The molecule has 3 atom stereocenters. The van der Waals surface area contributed by atoms with Crippen molar-refractivity contribution in [1.82, 2.24) is 4.90 Å². The van der Waals surface area contributed by atoms with Crippen LogP contribution in [0.4, 0.5) is 0 Å². The van der Waals surface area contributed by atoms with E-state index in [-0.39, 0.29) is 28.4 Å². The molecule has 5 heteroatoms. The smallest absolute Gasteiger partial charge is 0.224 e. The lowest BCUT2D eigenvalue weighted by molar-refractivity contribution is -0.130. The minimum absolute atomic E-state index is 0.0950. The van der Waals surface area contributed by atoms with Crippen molar-refractivity contribution in [3.8, 4) is 0 Å². The van der Waals surface area contributed by atoms with Gasteiger partial charge in [0.1, 0.15) is 0 Å². The molecule has 4 nitrogen and oxygen atoms in total. The van der Waals surface area contributed by atoms with Crippen molar-refractivity contribution in [2.45, 2.75) is 56.4 Å². The monoisotopic (exact) mass is 256 g/mol. The third kappa shape index (κ3) is 3.01. The van der Waals surface area contributed by atoms with E-state index in [4.69, 9.17) is 5.73 Å². The third-order valence-corrected chi connectivity index (χ3v) is 4.62. The highest BCUT2D eigenvalue weighted by atomic mass is 32.2. The number of thioether (sulfide) groups is 1. The Morgan fingerprint density at radius 3 is 2.76 bits per heavy atom. The summed E-state index contributed by atoms with van der Waals surface area (Å²) in [6, 6.07) is 0.322. The highest BCUT2D eigenvalue weighted by molar-refractivity contribution is 8.14. The van der Waals surface area contributed by atoms with Gasteiger partial charge in [-0.3, -0.25) is 9.59 Å². The van der Waals surface area contributed by atoms with Crippen LogP contribution in [-0.2, 0) is 9.59 Å². The fraction of sp³-hybridized carbons (Fsp3) is 0.833. The summed E-state index contributed by atoms with van der Waals surface area (Å²) in [5.74, 6) is 0.172. The van der Waals surface area contributed by atoms with E-state index in [1.807, 2.05) is 4.90 Å². The van der Waals surface area contributed by atoms with Gasteiger partial charge in [0.2, 0.25) is 5.91 Å². The largest absolute Gasteiger partial charge is 0.337 e. The molecule has 2 fully saturated rings. The quantitative estimate of drug-likeness (QED) is 0.804. The second-order valence-corrected chi connectivity index (χ2v) is 6.47. The predicted octanol–water partition coefficient (Wildman–Crippen LogP) is 1.14. The highest BCUT2D eigenvalue weighted by Gasteiger charge is 2.38. The summed E-state index contributed by atoms with van der Waals surface area (Å²) in [5.41, 5.74) is 6.10. The van der Waals surface area contributed by atoms with Gasteiger partial charge in [-0.2, -0.15) is 0 Å². The molecule has 17 heavy (non-hydrogen) atoms. The third-order valence-electron chi connectivity index (χ3n) is 3.64. The average Bonchev–Trinajstić information content (AvgIpc) is 2.59. The Labute approximate surface area is 106 Å². The number of carbonyl (C=O) groups excluding carboxylic acids is 2. The molecule has 1 saturated heterocycles. The van der Waals surface area contributed by atoms with Crippen LogP contribution in [0, 0.1) is 0 Å². The molecule has 0 radical (unpaired) electrons. The van der Waals surface area contributed by atoms with Crippen LogP contribution in [0.5, 0.6) is 0 Å². The number of hydrogen-bond acceptors (Lipinski definition) is 4. The van der Waals surface area contributed by atoms with Gasteiger partial charge in [0.25, 0.3) is 0 Å². The first-order chi connectivity index (χ1) is 8.08. The van der Waals surface area contributed by atoms with Crippen molar-refractivity contribution >= 4 is 22.8 Å². The molecule has 0 bridgehead atoms. The van der Waals surface area contributed by atoms with Crippen LogP contribution in [-0.4, -0.2) is 39.8 Å². The first kappa shape index (κ1) is 12.9. The topological polar surface area (TPSA) is 63.4 Å². The van der Waals surface area contributed by atoms with Crippen LogP contribution < -0.4 is 5.73 Å². The second-order valence-electron chi connectivity index (χ2n) is 5.00. The van der Waals surface area contributed by atoms with Crippen molar-refractivity contribution in [3.63, 3.8) is 0 Å². The van der Waals surface area contributed by atoms with Crippen molar-refractivity contribution < 1.29 is 9.59 Å². The van der Waals surface area contributed by atoms with Gasteiger partial charge in [-0.25, -0.2) is 0 Å². The summed E-state index contributed by atoms with van der Waals surface area (Å²) in [7, 11) is 0. The molecule has 1 heterocycles. The fourth-order valence-corrected chi connectivity index (χ4v) is 3.79. The molecule has 1 amide bonds. The molecule has 0 aromatic carbocycles. The number of hydrogen-bond donors (Lipinski definition) is 1. The van der Waals surface area contributed by atoms with Crippen molar-refractivity contribution in [2.24, 2.45) is 5.73 Å². The maximum atomic E-state index is 12.0. The van der Waals surface area contributed by atoms with Crippen LogP contribution in [0.2, 0.25) is 0 Å². The molecule has 2 N–H and O–H groups in total. The number of nitrogens with zero attached hydrogens (tertiary/aromatic N) is 1. The lowest BCUT2D eigenvalue weighted by atomic mass is 9.90. The first-order valence-corrected chi connectivity index (χ1v) is 7.18. The van der Waals surface area contributed by atoms with E-state index in [1.165, 1.54) is 18.2 Å². The Hall–Kier alpha value is -0.550. The average molecular weight is 256 g/mol. The maximum Gasteiger partial charge on any atom is 0.224 e. The number of amides is 1. The van der Waals surface area contributed by atoms with Crippen molar-refractivity contribution in [3.05, 3.63) is 0 Å². The van der Waals surface area contributed by atoms with Gasteiger partial charge in [0, 0.05) is 37.2 Å². The lowest BCUT2D eigenvalue weighted by Gasteiger charge is -2.36. The Bertz CT molecular complexity index is 322. The minimum Gasteiger partial charge on any atom is -0.337 e. The van der Waals surface area contributed by atoms with Gasteiger partial charge < -0.3 is 10.6 Å². The zero-order valence-corrected chi connectivity index (χ0v) is 11.0. The van der Waals surface area contributed by atoms with E-state index in [0.717, 1.165) is 19.3 Å². The molecule has 1 aliphatic heterocycles. The van der Waals surface area contributed by atoms with E-state index in [2.05, 4.69) is 0 Å². The van der Waals surface area contributed by atoms with Gasteiger partial charge in [-0.15, -0.1) is 0 Å². The van der Waals surface area contributed by atoms with Gasteiger partial charge >= 0.3 is 0 Å². The zero-order chi connectivity index (χ0) is 12.4. The molecule has 1 aliphatic carbocycles. The highest BCUT2D eigenvalue weighted by Crippen LogP contribution is 2.30. The molecule has 2 rings (SSSR count). The second kappa shape index (κ2) is 5.40. The summed E-state index contributed by atoms with van der Waals surface area (Å²) < 4.78 is 0. The van der Waals surface area contributed by atoms with Crippen LogP contribution in [0.25, 0.3) is 0 Å². The Morgan fingerprint density at radius 2 is 2.12 bits per heavy atom. The molecule has 0 aromatic heterocycles. The number of carbonyl (C=O) groups is 2. The summed E-state index contributed by atoms with van der Waals surface area (Å²) >= 11 is 1.29. The Kier molecular flexibility index (Phi) is 4.09. The van der Waals surface area contributed by atoms with Crippen LogP contribution >= 0.6 is 11.8 Å². The molecule has 96 valence electrons. The molecule has 0 aromatic rings. The Balaban J connectivity index is 1.97. The van der Waals surface area contributed by atoms with Crippen molar-refractivity contribution in [2.75, 3.05) is 6.54 Å². The fourth-order valence-electron chi connectivity index (χ4n) is 2.86. The molecular formula is C12H20N2O2S. The van der Waals surface area contributed by atoms with Gasteiger partial charge in [0.15, 0.2) is 5.12 Å². The van der Waals surface area contributed by atoms with E-state index in [1.54, 1.807) is 6.92 Å². The van der Waals surface area contributed by atoms with Crippen LogP contribution in [0.3, 0.4) is 0 Å². The van der Waals surface area contributed by atoms with E-state index in [0.29, 0.717) is 13.0 Å². The van der Waals surface area contributed by atoms with Gasteiger partial charge in [0.05, 0.1) is 0 Å². The number of rotatable bonds is 2. The molecular weight excluding hydrogens is 236 g/mol. The summed E-state index contributed by atoms with van der Waals surface area (Å²) in [4.78, 5) is 24.9. The van der Waals surface area contributed by atoms with Gasteiger partial charge in [-0.05, 0) is 12.8 Å². The lowest BCUT2D eigenvalue weighted by Crippen LogP contribution is -2.50. The van der Waals surface area contributed by atoms with E-state index >= 15 is 0 Å². The number of likely N-dealkylation sites (tertiary alicyclic amines) is 1. The Morgan fingerprint density at radius 1 is 1.41 bits per heavy atom. The maximum absolute atomic E-state index is 12.0. The predicted molar refractivity (Wildman–Crippen MR) is 68.6 cm³/mol. The van der Waals surface area contributed by atoms with Crippen LogP contribution in [0.1, 0.15) is 39.0 Å². The van der Waals surface area contributed by atoms with Gasteiger partial charge in [-0.1, -0.05) is 24.6 Å². The molecule has 1 saturated carbocycles. The SMILES string of the molecule is CC(=O)SC1CC(=O)N(C2CCCCC2N)C1. The minimum atomic E-state index is 0.0950. The molecule has 0 spiro atoms.